The van der Waals surface area contributed by atoms with Gasteiger partial charge < -0.3 is 19.7 Å². The van der Waals surface area contributed by atoms with E-state index in [9.17, 15) is 18.0 Å². The second-order valence-electron chi connectivity index (χ2n) is 7.32. The maximum Gasteiger partial charge on any atom is 0.433 e. The molecule has 0 bridgehead atoms. The molecule has 1 N–H and O–H groups in total. The molecule has 30 heavy (non-hydrogen) atoms. The Morgan fingerprint density at radius 3 is 2.63 bits per heavy atom. The topological polar surface area (TPSA) is 76.6 Å². The Morgan fingerprint density at radius 1 is 1.17 bits per heavy atom. The van der Waals surface area contributed by atoms with E-state index in [1.807, 2.05) is 12.1 Å². The largest absolute Gasteiger partial charge is 0.454 e. The fourth-order valence-electron chi connectivity index (χ4n) is 3.61. The predicted octanol–water partition coefficient (Wildman–Crippen LogP) is 3.07. The number of aryl methyl sites for hydroxylation is 1. The molecule has 1 aromatic carbocycles. The lowest BCUT2D eigenvalue weighted by atomic mass is 9.95. The lowest BCUT2D eigenvalue weighted by Gasteiger charge is -2.32. The third kappa shape index (κ3) is 4.42. The first-order chi connectivity index (χ1) is 14.3. The van der Waals surface area contributed by atoms with Crippen LogP contribution in [-0.4, -0.2) is 35.8 Å². The molecule has 0 aliphatic carbocycles. The number of carbonyl (C=O) groups excluding carboxylic acids is 1. The van der Waals surface area contributed by atoms with Crippen LogP contribution in [-0.2, 0) is 17.5 Å². The highest BCUT2D eigenvalue weighted by Gasteiger charge is 2.34. The van der Waals surface area contributed by atoms with Gasteiger partial charge in [-0.15, -0.1) is 0 Å². The zero-order chi connectivity index (χ0) is 21.3. The van der Waals surface area contributed by atoms with E-state index in [1.54, 1.807) is 11.0 Å². The normalized spacial score (nSPS) is 16.6. The number of hydrogen-bond donors (Lipinski definition) is 1. The van der Waals surface area contributed by atoms with Crippen molar-refractivity contribution in [3.05, 3.63) is 41.3 Å². The van der Waals surface area contributed by atoms with Crippen LogP contribution in [0.15, 0.2) is 24.3 Å². The van der Waals surface area contributed by atoms with Gasteiger partial charge in [0, 0.05) is 31.6 Å². The van der Waals surface area contributed by atoms with Crippen LogP contribution in [0.4, 0.5) is 19.0 Å². The molecular weight excluding hydrogens is 401 g/mol. The summed E-state index contributed by atoms with van der Waals surface area (Å²) < 4.78 is 49.6. The molecule has 160 valence electrons. The molecular formula is C20H21F3N4O3. The van der Waals surface area contributed by atoms with Crippen molar-refractivity contribution in [1.82, 2.24) is 15.3 Å². The number of fused-ring (bicyclic) bond motifs is 1. The zero-order valence-electron chi connectivity index (χ0n) is 16.3. The van der Waals surface area contributed by atoms with Crippen LogP contribution < -0.4 is 19.7 Å². The monoisotopic (exact) mass is 422 g/mol. The first kappa shape index (κ1) is 20.2. The quantitative estimate of drug-likeness (QED) is 0.816. The highest BCUT2D eigenvalue weighted by molar-refractivity contribution is 5.79. The molecule has 0 spiro atoms. The summed E-state index contributed by atoms with van der Waals surface area (Å²) in [5.74, 6) is 1.40. The van der Waals surface area contributed by atoms with E-state index in [0.29, 0.717) is 44.0 Å². The molecule has 0 atom stereocenters. The third-order valence-corrected chi connectivity index (χ3v) is 5.21. The van der Waals surface area contributed by atoms with E-state index < -0.39 is 11.9 Å². The van der Waals surface area contributed by atoms with Crippen molar-refractivity contribution in [2.45, 2.75) is 32.5 Å². The number of alkyl halides is 3. The van der Waals surface area contributed by atoms with E-state index in [1.165, 1.54) is 6.92 Å². The van der Waals surface area contributed by atoms with Gasteiger partial charge in [0.25, 0.3) is 0 Å². The fourth-order valence-corrected chi connectivity index (χ4v) is 3.61. The lowest BCUT2D eigenvalue weighted by molar-refractivity contribution is -0.141. The number of aromatic nitrogens is 2. The van der Waals surface area contributed by atoms with Gasteiger partial charge in [-0.1, -0.05) is 6.07 Å². The van der Waals surface area contributed by atoms with E-state index in [2.05, 4.69) is 15.3 Å². The minimum atomic E-state index is -4.52. The Balaban J connectivity index is 1.32. The van der Waals surface area contributed by atoms with E-state index in [0.717, 1.165) is 11.6 Å². The average molecular weight is 422 g/mol. The molecule has 4 rings (SSSR count). The molecule has 2 aromatic rings. The molecule has 0 radical (unpaired) electrons. The van der Waals surface area contributed by atoms with Gasteiger partial charge in [-0.3, -0.25) is 4.79 Å². The average Bonchev–Trinajstić information content (AvgIpc) is 3.19. The predicted molar refractivity (Wildman–Crippen MR) is 101 cm³/mol. The van der Waals surface area contributed by atoms with Gasteiger partial charge in [0.15, 0.2) is 11.5 Å². The summed E-state index contributed by atoms with van der Waals surface area (Å²) >= 11 is 0. The number of hydrogen-bond acceptors (Lipinski definition) is 6. The molecule has 1 saturated heterocycles. The van der Waals surface area contributed by atoms with Crippen molar-refractivity contribution in [2.75, 3.05) is 24.8 Å². The minimum absolute atomic E-state index is 0.0674. The zero-order valence-corrected chi connectivity index (χ0v) is 16.3. The second kappa shape index (κ2) is 8.00. The van der Waals surface area contributed by atoms with E-state index in [-0.39, 0.29) is 30.3 Å². The van der Waals surface area contributed by atoms with Crippen LogP contribution in [0.3, 0.4) is 0 Å². The van der Waals surface area contributed by atoms with Gasteiger partial charge in [-0.05, 0) is 37.5 Å². The molecule has 7 nitrogen and oxygen atoms in total. The Morgan fingerprint density at radius 2 is 1.90 bits per heavy atom. The number of amides is 1. The van der Waals surface area contributed by atoms with Gasteiger partial charge >= 0.3 is 6.18 Å². The molecule has 1 fully saturated rings. The van der Waals surface area contributed by atoms with Gasteiger partial charge in [0.2, 0.25) is 12.7 Å². The maximum absolute atomic E-state index is 13.0. The Kier molecular flexibility index (Phi) is 5.40. The lowest BCUT2D eigenvalue weighted by Crippen LogP contribution is -2.40. The minimum Gasteiger partial charge on any atom is -0.454 e. The number of anilines is 1. The number of carbonyl (C=O) groups is 1. The van der Waals surface area contributed by atoms with Crippen molar-refractivity contribution < 1.29 is 27.4 Å². The standard InChI is InChI=1S/C20H21F3N4O3/c1-12-25-17(20(21,22)23)9-18(26-12)27-6-4-14(5-7-27)19(28)24-10-13-2-3-15-16(8-13)30-11-29-15/h2-3,8-9,14H,4-7,10-11H2,1H3,(H,24,28). The Labute approximate surface area is 171 Å². The van der Waals surface area contributed by atoms with Gasteiger partial charge in [-0.2, -0.15) is 13.2 Å². The molecule has 0 saturated carbocycles. The Bertz CT molecular complexity index is 943. The third-order valence-electron chi connectivity index (χ3n) is 5.21. The first-order valence-corrected chi connectivity index (χ1v) is 9.63. The molecule has 10 heteroatoms. The molecule has 2 aliphatic rings. The number of nitrogens with one attached hydrogen (secondary N) is 1. The van der Waals surface area contributed by atoms with E-state index in [4.69, 9.17) is 9.47 Å². The second-order valence-corrected chi connectivity index (χ2v) is 7.32. The van der Waals surface area contributed by atoms with E-state index >= 15 is 0 Å². The highest BCUT2D eigenvalue weighted by atomic mass is 19.4. The number of rotatable bonds is 4. The number of nitrogens with zero attached hydrogens (tertiary/aromatic N) is 3. The smallest absolute Gasteiger partial charge is 0.433 e. The van der Waals surface area contributed by atoms with Crippen molar-refractivity contribution in [2.24, 2.45) is 5.92 Å². The SMILES string of the molecule is Cc1nc(N2CCC(C(=O)NCc3ccc4c(c3)OCO4)CC2)cc(C(F)(F)F)n1. The molecule has 1 amide bonds. The molecule has 0 unspecified atom stereocenters. The van der Waals surface area contributed by atoms with Crippen LogP contribution in [0.5, 0.6) is 11.5 Å². The maximum atomic E-state index is 13.0. The Hall–Kier alpha value is -3.04. The summed E-state index contributed by atoms with van der Waals surface area (Å²) in [7, 11) is 0. The summed E-state index contributed by atoms with van der Waals surface area (Å²) in [5, 5.41) is 2.92. The molecule has 3 heterocycles. The summed E-state index contributed by atoms with van der Waals surface area (Å²) in [6, 6.07) is 6.47. The van der Waals surface area contributed by atoms with Crippen molar-refractivity contribution in [3.63, 3.8) is 0 Å². The number of benzene rings is 1. The van der Waals surface area contributed by atoms with Crippen molar-refractivity contribution in [1.29, 1.82) is 0 Å². The van der Waals surface area contributed by atoms with Gasteiger partial charge in [0.1, 0.15) is 17.3 Å². The molecule has 1 aromatic heterocycles. The summed E-state index contributed by atoms with van der Waals surface area (Å²) in [4.78, 5) is 21.9. The summed E-state index contributed by atoms with van der Waals surface area (Å²) in [5.41, 5.74) is -0.0465. The number of piperidine rings is 1. The van der Waals surface area contributed by atoms with Gasteiger partial charge in [0.05, 0.1) is 0 Å². The first-order valence-electron chi connectivity index (χ1n) is 9.63. The van der Waals surface area contributed by atoms with Gasteiger partial charge in [-0.25, -0.2) is 9.97 Å². The van der Waals surface area contributed by atoms with Crippen LogP contribution in [0.25, 0.3) is 0 Å². The number of halogens is 3. The van der Waals surface area contributed by atoms with Crippen molar-refractivity contribution in [3.8, 4) is 11.5 Å². The van der Waals surface area contributed by atoms with Crippen LogP contribution >= 0.6 is 0 Å². The van der Waals surface area contributed by atoms with Crippen LogP contribution in [0, 0.1) is 12.8 Å². The highest BCUT2D eigenvalue weighted by Crippen LogP contribution is 2.33. The fraction of sp³-hybridized carbons (Fsp3) is 0.450. The summed E-state index contributed by atoms with van der Waals surface area (Å²) in [6.45, 7) is 2.91. The molecule has 2 aliphatic heterocycles. The van der Waals surface area contributed by atoms with Crippen LogP contribution in [0.2, 0.25) is 0 Å². The van der Waals surface area contributed by atoms with Crippen LogP contribution in [0.1, 0.15) is 29.9 Å². The van der Waals surface area contributed by atoms with Crippen molar-refractivity contribution >= 4 is 11.7 Å². The summed E-state index contributed by atoms with van der Waals surface area (Å²) in [6.07, 6.45) is -3.44. The number of ether oxygens (including phenoxy) is 2.